The predicted molar refractivity (Wildman–Crippen MR) is 117 cm³/mol. The number of alkyl halides is 3. The molecule has 0 bridgehead atoms. The van der Waals surface area contributed by atoms with Crippen LogP contribution in [0.1, 0.15) is 37.3 Å². The molecule has 1 fully saturated rings. The van der Waals surface area contributed by atoms with Crippen molar-refractivity contribution in [2.75, 3.05) is 18.4 Å². The number of piperidine rings is 1. The van der Waals surface area contributed by atoms with Gasteiger partial charge in [0.05, 0.1) is 5.56 Å². The molecule has 0 radical (unpaired) electrons. The zero-order valence-electron chi connectivity index (χ0n) is 18.0. The topological polar surface area (TPSA) is 61.4 Å². The Hall–Kier alpha value is -3.03. The molecule has 1 aliphatic heterocycles. The Morgan fingerprint density at radius 3 is 2.50 bits per heavy atom. The lowest BCUT2D eigenvalue weighted by atomic mass is 9.81. The second kappa shape index (κ2) is 10.5. The van der Waals surface area contributed by atoms with Gasteiger partial charge in [-0.2, -0.15) is 13.2 Å². The highest BCUT2D eigenvalue weighted by molar-refractivity contribution is 5.89. The molecule has 3 rings (SSSR count). The molecule has 0 unspecified atom stereocenters. The van der Waals surface area contributed by atoms with Gasteiger partial charge in [-0.25, -0.2) is 4.79 Å². The maximum absolute atomic E-state index is 12.9. The second-order valence-electron chi connectivity index (χ2n) is 8.14. The fourth-order valence-electron chi connectivity index (χ4n) is 4.08. The number of nitrogens with one attached hydrogen (secondary N) is 2. The molecule has 32 heavy (non-hydrogen) atoms. The fourth-order valence-corrected chi connectivity index (χ4v) is 4.08. The molecule has 2 N–H and O–H groups in total. The van der Waals surface area contributed by atoms with Crippen molar-refractivity contribution in [3.63, 3.8) is 0 Å². The number of nitrogens with zero attached hydrogens (tertiary/aromatic N) is 1. The molecule has 3 amide bonds. The summed E-state index contributed by atoms with van der Waals surface area (Å²) in [6, 6.07) is 13.9. The van der Waals surface area contributed by atoms with E-state index < -0.39 is 17.8 Å². The number of hydrogen-bond donors (Lipinski definition) is 2. The molecular weight excluding hydrogens is 419 g/mol. The van der Waals surface area contributed by atoms with Crippen LogP contribution in [0.25, 0.3) is 0 Å². The van der Waals surface area contributed by atoms with Gasteiger partial charge in [-0.05, 0) is 42.0 Å². The zero-order valence-corrected chi connectivity index (χ0v) is 18.0. The molecule has 1 aliphatic rings. The molecule has 172 valence electrons. The number of anilines is 1. The minimum atomic E-state index is -4.46. The summed E-state index contributed by atoms with van der Waals surface area (Å²) in [5.41, 5.74) is 0.344. The zero-order chi connectivity index (χ0) is 23.1. The van der Waals surface area contributed by atoms with Crippen LogP contribution in [-0.4, -0.2) is 29.9 Å². The van der Waals surface area contributed by atoms with Gasteiger partial charge in [-0.1, -0.05) is 49.7 Å². The first-order valence-corrected chi connectivity index (χ1v) is 10.8. The maximum Gasteiger partial charge on any atom is 0.416 e. The summed E-state index contributed by atoms with van der Waals surface area (Å²) in [5.74, 6) is 0.297. The largest absolute Gasteiger partial charge is 0.416 e. The molecule has 1 heterocycles. The average molecular weight is 448 g/mol. The molecule has 0 aromatic heterocycles. The Labute approximate surface area is 186 Å². The molecule has 0 saturated carbocycles. The molecule has 0 spiro atoms. The SMILES string of the molecule is CC[C@H]1CN(C(=O)Nc2cccc(C(F)(F)F)c2)CC[C@H]1CC(=O)NCc1ccccc1. The lowest BCUT2D eigenvalue weighted by molar-refractivity contribution is -0.137. The Balaban J connectivity index is 1.52. The molecule has 2 aromatic carbocycles. The predicted octanol–water partition coefficient (Wildman–Crippen LogP) is 5.29. The van der Waals surface area contributed by atoms with Gasteiger partial charge in [-0.15, -0.1) is 0 Å². The number of carbonyl (C=O) groups excluding carboxylic acids is 2. The lowest BCUT2D eigenvalue weighted by Crippen LogP contribution is -2.46. The van der Waals surface area contributed by atoms with Gasteiger partial charge >= 0.3 is 12.2 Å². The Kier molecular flexibility index (Phi) is 7.77. The van der Waals surface area contributed by atoms with Crippen molar-refractivity contribution in [1.29, 1.82) is 0 Å². The van der Waals surface area contributed by atoms with E-state index in [1.165, 1.54) is 12.1 Å². The van der Waals surface area contributed by atoms with Gasteiger partial charge in [0.2, 0.25) is 5.91 Å². The number of rotatable bonds is 6. The molecular formula is C24H28F3N3O2. The normalized spacial score (nSPS) is 18.8. The molecule has 0 aliphatic carbocycles. The summed E-state index contributed by atoms with van der Waals surface area (Å²) in [6.07, 6.45) is -2.58. The molecule has 2 aromatic rings. The number of urea groups is 1. The van der Waals surface area contributed by atoms with Gasteiger partial charge in [0.15, 0.2) is 0 Å². The number of benzene rings is 2. The van der Waals surface area contributed by atoms with Crippen LogP contribution in [0.2, 0.25) is 0 Å². The van der Waals surface area contributed by atoms with Crippen LogP contribution < -0.4 is 10.6 Å². The molecule has 1 saturated heterocycles. The van der Waals surface area contributed by atoms with Crippen molar-refractivity contribution >= 4 is 17.6 Å². The van der Waals surface area contributed by atoms with Gasteiger partial charge < -0.3 is 15.5 Å². The third-order valence-corrected chi connectivity index (χ3v) is 5.92. The summed E-state index contributed by atoms with van der Waals surface area (Å²) in [5, 5.41) is 5.52. The number of carbonyl (C=O) groups is 2. The monoisotopic (exact) mass is 447 g/mol. The number of hydrogen-bond acceptors (Lipinski definition) is 2. The van der Waals surface area contributed by atoms with Crippen molar-refractivity contribution in [1.82, 2.24) is 10.2 Å². The standard InChI is InChI=1S/C24H28F3N3O2/c1-2-18-16-30(23(32)29-21-10-6-9-20(14-21)24(25,26)27)12-11-19(18)13-22(31)28-15-17-7-4-3-5-8-17/h3-10,14,18-19H,2,11-13,15-16H2,1H3,(H,28,31)(H,29,32)/t18-,19-/m0/s1. The van der Waals surface area contributed by atoms with Crippen LogP contribution in [-0.2, 0) is 17.5 Å². The minimum absolute atomic E-state index is 0.0147. The van der Waals surface area contributed by atoms with Gasteiger partial charge in [0.1, 0.15) is 0 Å². The van der Waals surface area contributed by atoms with E-state index in [-0.39, 0.29) is 23.4 Å². The summed E-state index contributed by atoms with van der Waals surface area (Å²) >= 11 is 0. The molecule has 8 heteroatoms. The van der Waals surface area contributed by atoms with Crippen molar-refractivity contribution in [2.45, 2.75) is 38.9 Å². The van der Waals surface area contributed by atoms with Crippen molar-refractivity contribution < 1.29 is 22.8 Å². The van der Waals surface area contributed by atoms with Crippen LogP contribution in [0, 0.1) is 11.8 Å². The summed E-state index contributed by atoms with van der Waals surface area (Å²) in [4.78, 5) is 26.7. The van der Waals surface area contributed by atoms with E-state index >= 15 is 0 Å². The van der Waals surface area contributed by atoms with E-state index in [0.29, 0.717) is 32.5 Å². The first-order chi connectivity index (χ1) is 15.3. The summed E-state index contributed by atoms with van der Waals surface area (Å²) in [6.45, 7) is 3.43. The van der Waals surface area contributed by atoms with E-state index in [0.717, 1.165) is 24.1 Å². The summed E-state index contributed by atoms with van der Waals surface area (Å²) in [7, 11) is 0. The molecule has 2 atom stereocenters. The van der Waals surface area contributed by atoms with Crippen LogP contribution >= 0.6 is 0 Å². The van der Waals surface area contributed by atoms with Crippen LogP contribution in [0.3, 0.4) is 0 Å². The molecule has 5 nitrogen and oxygen atoms in total. The van der Waals surface area contributed by atoms with Crippen LogP contribution in [0.4, 0.5) is 23.7 Å². The highest BCUT2D eigenvalue weighted by Gasteiger charge is 2.33. The van der Waals surface area contributed by atoms with E-state index in [1.54, 1.807) is 4.90 Å². The van der Waals surface area contributed by atoms with E-state index in [1.807, 2.05) is 37.3 Å². The maximum atomic E-state index is 12.9. The van der Waals surface area contributed by atoms with Crippen molar-refractivity contribution in [2.24, 2.45) is 11.8 Å². The Morgan fingerprint density at radius 1 is 1.06 bits per heavy atom. The first-order valence-electron chi connectivity index (χ1n) is 10.8. The number of amides is 3. The highest BCUT2D eigenvalue weighted by Crippen LogP contribution is 2.32. The quantitative estimate of drug-likeness (QED) is 0.632. The number of halogens is 3. The lowest BCUT2D eigenvalue weighted by Gasteiger charge is -2.38. The Morgan fingerprint density at radius 2 is 1.81 bits per heavy atom. The van der Waals surface area contributed by atoms with Gasteiger partial charge in [-0.3, -0.25) is 4.79 Å². The van der Waals surface area contributed by atoms with Crippen LogP contribution in [0.15, 0.2) is 54.6 Å². The highest BCUT2D eigenvalue weighted by atomic mass is 19.4. The summed E-state index contributed by atoms with van der Waals surface area (Å²) < 4.78 is 38.7. The third-order valence-electron chi connectivity index (χ3n) is 5.92. The van der Waals surface area contributed by atoms with E-state index in [9.17, 15) is 22.8 Å². The third kappa shape index (κ3) is 6.48. The van der Waals surface area contributed by atoms with E-state index in [2.05, 4.69) is 10.6 Å². The smallest absolute Gasteiger partial charge is 0.352 e. The second-order valence-corrected chi connectivity index (χ2v) is 8.14. The minimum Gasteiger partial charge on any atom is -0.352 e. The van der Waals surface area contributed by atoms with Gasteiger partial charge in [0.25, 0.3) is 0 Å². The number of likely N-dealkylation sites (tertiary alicyclic amines) is 1. The first kappa shape index (κ1) is 23.6. The fraction of sp³-hybridized carbons (Fsp3) is 0.417. The Bertz CT molecular complexity index is 918. The van der Waals surface area contributed by atoms with Crippen molar-refractivity contribution in [3.8, 4) is 0 Å². The van der Waals surface area contributed by atoms with E-state index in [4.69, 9.17) is 0 Å². The van der Waals surface area contributed by atoms with Crippen LogP contribution in [0.5, 0.6) is 0 Å². The van der Waals surface area contributed by atoms with Gasteiger partial charge in [0, 0.05) is 31.7 Å². The van der Waals surface area contributed by atoms with Crippen molar-refractivity contribution in [3.05, 3.63) is 65.7 Å². The average Bonchev–Trinajstić information content (AvgIpc) is 2.78.